The number of hydrogen-bond acceptors (Lipinski definition) is 5. The molecule has 6 heteroatoms. The standard InChI is InChI=1S/C24H29N3O3/c1-18-22(30-21-11-7-6-10-20(21)29-18)16-26-14-12-24(13-15-26)23(28)25(2)17-27(24)19-8-4-3-5-9-19/h3-11,18,22H,12-17H2,1-2H3/t18-,22+/m0/s1. The first-order chi connectivity index (χ1) is 14.6. The monoisotopic (exact) mass is 407 g/mol. The number of likely N-dealkylation sites (tertiary alicyclic amines) is 1. The molecule has 158 valence electrons. The Balaban J connectivity index is 1.28. The van der Waals surface area contributed by atoms with Gasteiger partial charge in [-0.15, -0.1) is 0 Å². The van der Waals surface area contributed by atoms with Crippen molar-refractivity contribution in [1.29, 1.82) is 0 Å². The number of hydrogen-bond donors (Lipinski definition) is 0. The van der Waals surface area contributed by atoms with E-state index in [0.717, 1.165) is 49.7 Å². The van der Waals surface area contributed by atoms with Crippen molar-refractivity contribution in [2.24, 2.45) is 0 Å². The summed E-state index contributed by atoms with van der Waals surface area (Å²) >= 11 is 0. The van der Waals surface area contributed by atoms with E-state index in [1.165, 1.54) is 0 Å². The van der Waals surface area contributed by atoms with Crippen molar-refractivity contribution in [3.8, 4) is 11.5 Å². The fraction of sp³-hybridized carbons (Fsp3) is 0.458. The molecule has 1 spiro atoms. The van der Waals surface area contributed by atoms with Crippen LogP contribution < -0.4 is 14.4 Å². The normalized spacial score (nSPS) is 25.7. The zero-order valence-corrected chi connectivity index (χ0v) is 17.7. The van der Waals surface area contributed by atoms with Crippen molar-refractivity contribution in [2.45, 2.75) is 37.5 Å². The van der Waals surface area contributed by atoms with Gasteiger partial charge < -0.3 is 19.3 Å². The number of carbonyl (C=O) groups excluding carboxylic acids is 1. The molecule has 30 heavy (non-hydrogen) atoms. The van der Waals surface area contributed by atoms with Gasteiger partial charge in [-0.25, -0.2) is 0 Å². The van der Waals surface area contributed by atoms with Crippen LogP contribution in [0.5, 0.6) is 11.5 Å². The van der Waals surface area contributed by atoms with E-state index in [1.54, 1.807) is 0 Å². The van der Waals surface area contributed by atoms with Crippen molar-refractivity contribution >= 4 is 11.6 Å². The summed E-state index contributed by atoms with van der Waals surface area (Å²) in [4.78, 5) is 19.7. The molecule has 6 nitrogen and oxygen atoms in total. The maximum absolute atomic E-state index is 13.2. The molecule has 2 aromatic rings. The fourth-order valence-corrected chi connectivity index (χ4v) is 5.03. The van der Waals surface area contributed by atoms with E-state index in [4.69, 9.17) is 9.47 Å². The Morgan fingerprint density at radius 1 is 0.967 bits per heavy atom. The molecule has 0 bridgehead atoms. The van der Waals surface area contributed by atoms with Crippen LogP contribution in [-0.4, -0.2) is 66.8 Å². The summed E-state index contributed by atoms with van der Waals surface area (Å²) < 4.78 is 12.3. The van der Waals surface area contributed by atoms with E-state index >= 15 is 0 Å². The molecular weight excluding hydrogens is 378 g/mol. The van der Waals surface area contributed by atoms with E-state index in [1.807, 2.05) is 54.4 Å². The van der Waals surface area contributed by atoms with Crippen LogP contribution in [0.4, 0.5) is 5.69 Å². The average Bonchev–Trinajstić information content (AvgIpc) is 3.01. The highest BCUT2D eigenvalue weighted by molar-refractivity contribution is 5.93. The first kappa shape index (κ1) is 19.2. The van der Waals surface area contributed by atoms with Crippen molar-refractivity contribution in [2.75, 3.05) is 38.3 Å². The number of ether oxygens (including phenoxy) is 2. The summed E-state index contributed by atoms with van der Waals surface area (Å²) in [5.74, 6) is 1.87. The second kappa shape index (κ2) is 7.51. The second-order valence-electron chi connectivity index (χ2n) is 8.67. The lowest BCUT2D eigenvalue weighted by Crippen LogP contribution is -2.58. The number of fused-ring (bicyclic) bond motifs is 1. The summed E-state index contributed by atoms with van der Waals surface area (Å²) in [6.07, 6.45) is 1.63. The minimum atomic E-state index is -0.436. The van der Waals surface area contributed by atoms with Crippen LogP contribution in [0.2, 0.25) is 0 Å². The number of para-hydroxylation sites is 3. The molecule has 1 amide bonds. The summed E-state index contributed by atoms with van der Waals surface area (Å²) in [5, 5.41) is 0. The summed E-state index contributed by atoms with van der Waals surface area (Å²) in [6.45, 7) is 5.27. The van der Waals surface area contributed by atoms with Gasteiger partial charge in [-0.1, -0.05) is 30.3 Å². The highest BCUT2D eigenvalue weighted by Crippen LogP contribution is 2.39. The molecule has 0 saturated carbocycles. The Morgan fingerprint density at radius 3 is 2.30 bits per heavy atom. The van der Waals surface area contributed by atoms with Crippen LogP contribution in [0.15, 0.2) is 54.6 Å². The molecule has 3 heterocycles. The fourth-order valence-electron chi connectivity index (χ4n) is 5.03. The van der Waals surface area contributed by atoms with Crippen LogP contribution in [0.25, 0.3) is 0 Å². The second-order valence-corrected chi connectivity index (χ2v) is 8.67. The minimum Gasteiger partial charge on any atom is -0.483 e. The quantitative estimate of drug-likeness (QED) is 0.783. The molecule has 0 radical (unpaired) electrons. The molecule has 0 unspecified atom stereocenters. The molecule has 0 aromatic heterocycles. The molecule has 0 aliphatic carbocycles. The number of piperidine rings is 1. The Hall–Kier alpha value is -2.73. The van der Waals surface area contributed by atoms with Crippen molar-refractivity contribution in [1.82, 2.24) is 9.80 Å². The summed E-state index contributed by atoms with van der Waals surface area (Å²) in [6, 6.07) is 18.2. The Morgan fingerprint density at radius 2 is 1.60 bits per heavy atom. The molecule has 3 aliphatic rings. The number of rotatable bonds is 3. The lowest BCUT2D eigenvalue weighted by molar-refractivity contribution is -0.132. The molecule has 3 aliphatic heterocycles. The molecule has 5 rings (SSSR count). The molecule has 2 aromatic carbocycles. The number of likely N-dealkylation sites (N-methyl/N-ethyl adjacent to an activating group) is 1. The third-order valence-electron chi connectivity index (χ3n) is 6.77. The number of carbonyl (C=O) groups is 1. The summed E-state index contributed by atoms with van der Waals surface area (Å²) in [5.41, 5.74) is 0.687. The van der Waals surface area contributed by atoms with Crippen LogP contribution in [0.3, 0.4) is 0 Å². The predicted molar refractivity (Wildman–Crippen MR) is 116 cm³/mol. The molecule has 2 fully saturated rings. The number of nitrogens with zero attached hydrogens (tertiary/aromatic N) is 3. The highest BCUT2D eigenvalue weighted by atomic mass is 16.6. The zero-order chi connectivity index (χ0) is 20.7. The van der Waals surface area contributed by atoms with Gasteiger partial charge in [0.05, 0.1) is 6.67 Å². The van der Waals surface area contributed by atoms with E-state index in [9.17, 15) is 4.79 Å². The third-order valence-corrected chi connectivity index (χ3v) is 6.77. The van der Waals surface area contributed by atoms with Gasteiger partial charge in [0, 0.05) is 32.4 Å². The predicted octanol–water partition coefficient (Wildman–Crippen LogP) is 2.99. The van der Waals surface area contributed by atoms with Crippen molar-refractivity contribution < 1.29 is 14.3 Å². The lowest BCUT2D eigenvalue weighted by Gasteiger charge is -2.44. The Labute approximate surface area is 178 Å². The van der Waals surface area contributed by atoms with E-state index in [0.29, 0.717) is 6.67 Å². The summed E-state index contributed by atoms with van der Waals surface area (Å²) in [7, 11) is 1.91. The first-order valence-electron chi connectivity index (χ1n) is 10.8. The van der Waals surface area contributed by atoms with Gasteiger partial charge in [-0.2, -0.15) is 0 Å². The maximum atomic E-state index is 13.2. The van der Waals surface area contributed by atoms with Crippen LogP contribution >= 0.6 is 0 Å². The molecule has 2 saturated heterocycles. The van der Waals surface area contributed by atoms with Gasteiger partial charge in [0.2, 0.25) is 5.91 Å². The minimum absolute atomic E-state index is 0.00384. The molecule has 0 N–H and O–H groups in total. The van der Waals surface area contributed by atoms with Crippen LogP contribution in [0, 0.1) is 0 Å². The zero-order valence-electron chi connectivity index (χ0n) is 17.7. The molecular formula is C24H29N3O3. The van der Waals surface area contributed by atoms with Gasteiger partial charge in [0.25, 0.3) is 0 Å². The number of anilines is 1. The van der Waals surface area contributed by atoms with Gasteiger partial charge >= 0.3 is 0 Å². The topological polar surface area (TPSA) is 45.3 Å². The van der Waals surface area contributed by atoms with Gasteiger partial charge in [-0.3, -0.25) is 9.69 Å². The van der Waals surface area contributed by atoms with Gasteiger partial charge in [0.15, 0.2) is 11.5 Å². The SMILES string of the molecule is C[C@@H]1Oc2ccccc2O[C@@H]1CN1CCC2(CC1)C(=O)N(C)CN2c1ccccc1. The van der Waals surface area contributed by atoms with E-state index in [-0.39, 0.29) is 18.1 Å². The maximum Gasteiger partial charge on any atom is 0.249 e. The number of benzene rings is 2. The van der Waals surface area contributed by atoms with Gasteiger partial charge in [-0.05, 0) is 44.0 Å². The van der Waals surface area contributed by atoms with E-state index in [2.05, 4.69) is 28.9 Å². The molecule has 2 atom stereocenters. The smallest absolute Gasteiger partial charge is 0.249 e. The average molecular weight is 408 g/mol. The lowest BCUT2D eigenvalue weighted by atomic mass is 9.85. The third kappa shape index (κ3) is 3.19. The first-order valence-corrected chi connectivity index (χ1v) is 10.8. The Bertz CT molecular complexity index is 911. The van der Waals surface area contributed by atoms with Gasteiger partial charge in [0.1, 0.15) is 17.7 Å². The van der Waals surface area contributed by atoms with Crippen molar-refractivity contribution in [3.05, 3.63) is 54.6 Å². The largest absolute Gasteiger partial charge is 0.483 e. The Kier molecular flexibility index (Phi) is 4.82. The number of amides is 1. The van der Waals surface area contributed by atoms with Crippen molar-refractivity contribution in [3.63, 3.8) is 0 Å². The van der Waals surface area contributed by atoms with E-state index < -0.39 is 5.54 Å². The van der Waals surface area contributed by atoms with Crippen LogP contribution in [-0.2, 0) is 4.79 Å². The highest BCUT2D eigenvalue weighted by Gasteiger charge is 2.52. The van der Waals surface area contributed by atoms with Crippen LogP contribution in [0.1, 0.15) is 19.8 Å².